The maximum absolute atomic E-state index is 6.12. The van der Waals surface area contributed by atoms with Crippen LogP contribution in [0, 0.1) is 5.92 Å². The van der Waals surface area contributed by atoms with Crippen LogP contribution in [0.3, 0.4) is 0 Å². The Morgan fingerprint density at radius 1 is 1.18 bits per heavy atom. The Bertz CT molecular complexity index is 219. The second-order valence-electron chi connectivity index (χ2n) is 5.50. The van der Waals surface area contributed by atoms with Crippen molar-refractivity contribution in [2.75, 3.05) is 40.0 Å². The van der Waals surface area contributed by atoms with Gasteiger partial charge in [0.05, 0.1) is 12.7 Å². The molecule has 100 valence electrons. The van der Waals surface area contributed by atoms with Gasteiger partial charge in [-0.25, -0.2) is 0 Å². The lowest BCUT2D eigenvalue weighted by Crippen LogP contribution is -2.46. The van der Waals surface area contributed by atoms with E-state index in [-0.39, 0.29) is 0 Å². The Morgan fingerprint density at radius 2 is 2.06 bits per heavy atom. The second kappa shape index (κ2) is 6.69. The number of ether oxygens (including phenoxy) is 2. The van der Waals surface area contributed by atoms with Gasteiger partial charge in [0, 0.05) is 38.3 Å². The van der Waals surface area contributed by atoms with E-state index in [2.05, 4.69) is 11.9 Å². The number of hydrogen-bond donors (Lipinski definition) is 1. The largest absolute Gasteiger partial charge is 0.381 e. The Balaban J connectivity index is 1.70. The van der Waals surface area contributed by atoms with Crippen molar-refractivity contribution >= 4 is 0 Å². The third-order valence-electron chi connectivity index (χ3n) is 3.87. The Hall–Kier alpha value is -0.160. The van der Waals surface area contributed by atoms with Crippen molar-refractivity contribution in [1.29, 1.82) is 0 Å². The van der Waals surface area contributed by atoms with E-state index in [0.29, 0.717) is 18.1 Å². The summed E-state index contributed by atoms with van der Waals surface area (Å²) in [5.74, 6) is 0.484. The molecule has 2 heterocycles. The average Bonchev–Trinajstić information content (AvgIpc) is 2.33. The molecule has 2 aliphatic rings. The molecule has 0 aromatic rings. The van der Waals surface area contributed by atoms with Gasteiger partial charge >= 0.3 is 0 Å². The summed E-state index contributed by atoms with van der Waals surface area (Å²) in [6, 6.07) is 0.304. The van der Waals surface area contributed by atoms with Crippen LogP contribution in [0.2, 0.25) is 0 Å². The van der Waals surface area contributed by atoms with Crippen molar-refractivity contribution in [3.05, 3.63) is 0 Å². The van der Waals surface area contributed by atoms with Gasteiger partial charge in [0.2, 0.25) is 0 Å². The standard InChI is InChI=1S/C13H26N2O2/c1-15(9-12-4-2-3-6-17-12)8-11-10-16-7-5-13(11)14/h11-13H,2-10,14H2,1H3. The first kappa shape index (κ1) is 13.3. The normalized spacial score (nSPS) is 35.1. The molecule has 0 amide bonds. The Kier molecular flexibility index (Phi) is 5.22. The quantitative estimate of drug-likeness (QED) is 0.794. The minimum Gasteiger partial charge on any atom is -0.381 e. The number of hydrogen-bond acceptors (Lipinski definition) is 4. The lowest BCUT2D eigenvalue weighted by atomic mass is 9.96. The first-order valence-electron chi connectivity index (χ1n) is 6.89. The lowest BCUT2D eigenvalue weighted by molar-refractivity contribution is -0.0138. The van der Waals surface area contributed by atoms with Crippen molar-refractivity contribution in [3.63, 3.8) is 0 Å². The zero-order valence-corrected chi connectivity index (χ0v) is 10.9. The predicted octanol–water partition coefficient (Wildman–Crippen LogP) is 0.851. The first-order chi connectivity index (χ1) is 8.25. The molecule has 0 radical (unpaired) electrons. The molecule has 0 bridgehead atoms. The molecule has 3 unspecified atom stereocenters. The number of nitrogens with zero attached hydrogens (tertiary/aromatic N) is 1. The molecule has 2 fully saturated rings. The highest BCUT2D eigenvalue weighted by atomic mass is 16.5. The number of nitrogens with two attached hydrogens (primary N) is 1. The fourth-order valence-corrected chi connectivity index (χ4v) is 2.78. The summed E-state index contributed by atoms with van der Waals surface area (Å²) >= 11 is 0. The van der Waals surface area contributed by atoms with E-state index < -0.39 is 0 Å². The van der Waals surface area contributed by atoms with Gasteiger partial charge in [-0.1, -0.05) is 0 Å². The fourth-order valence-electron chi connectivity index (χ4n) is 2.78. The van der Waals surface area contributed by atoms with Gasteiger partial charge in [-0.3, -0.25) is 0 Å². The van der Waals surface area contributed by atoms with Crippen LogP contribution in [0.1, 0.15) is 25.7 Å². The maximum atomic E-state index is 6.12. The summed E-state index contributed by atoms with van der Waals surface area (Å²) in [4.78, 5) is 2.36. The summed E-state index contributed by atoms with van der Waals surface area (Å²) in [6.07, 6.45) is 5.16. The van der Waals surface area contributed by atoms with Gasteiger partial charge < -0.3 is 20.1 Å². The summed E-state index contributed by atoms with van der Waals surface area (Å²) < 4.78 is 11.3. The molecular formula is C13H26N2O2. The van der Waals surface area contributed by atoms with E-state index in [9.17, 15) is 0 Å². The first-order valence-corrected chi connectivity index (χ1v) is 6.89. The van der Waals surface area contributed by atoms with Gasteiger partial charge in [-0.05, 0) is 32.7 Å². The summed E-state index contributed by atoms with van der Waals surface area (Å²) in [7, 11) is 2.17. The van der Waals surface area contributed by atoms with Gasteiger partial charge in [0.1, 0.15) is 0 Å². The molecule has 2 rings (SSSR count). The van der Waals surface area contributed by atoms with Crippen molar-refractivity contribution < 1.29 is 9.47 Å². The van der Waals surface area contributed by atoms with E-state index in [1.165, 1.54) is 19.3 Å². The molecule has 2 saturated heterocycles. The van der Waals surface area contributed by atoms with Gasteiger partial charge in [0.15, 0.2) is 0 Å². The third kappa shape index (κ3) is 4.21. The SMILES string of the molecule is CN(CC1CCCCO1)CC1COCCC1N. The monoisotopic (exact) mass is 242 g/mol. The minimum atomic E-state index is 0.304. The Morgan fingerprint density at radius 3 is 2.76 bits per heavy atom. The van der Waals surface area contributed by atoms with Crippen LogP contribution in [0.4, 0.5) is 0 Å². The van der Waals surface area contributed by atoms with E-state index in [1.807, 2.05) is 0 Å². The highest BCUT2D eigenvalue weighted by molar-refractivity contribution is 4.79. The number of likely N-dealkylation sites (N-methyl/N-ethyl adjacent to an activating group) is 1. The molecule has 2 N–H and O–H groups in total. The molecule has 0 aromatic carbocycles. The van der Waals surface area contributed by atoms with Crippen LogP contribution in [0.5, 0.6) is 0 Å². The smallest absolute Gasteiger partial charge is 0.0701 e. The van der Waals surface area contributed by atoms with Crippen LogP contribution in [-0.2, 0) is 9.47 Å². The van der Waals surface area contributed by atoms with Gasteiger partial charge in [0.25, 0.3) is 0 Å². The molecule has 4 nitrogen and oxygen atoms in total. The van der Waals surface area contributed by atoms with Crippen LogP contribution >= 0.6 is 0 Å². The summed E-state index contributed by atoms with van der Waals surface area (Å²) in [5.41, 5.74) is 6.12. The topological polar surface area (TPSA) is 47.7 Å². The van der Waals surface area contributed by atoms with Crippen molar-refractivity contribution in [2.45, 2.75) is 37.8 Å². The second-order valence-corrected chi connectivity index (χ2v) is 5.50. The molecule has 3 atom stereocenters. The molecule has 17 heavy (non-hydrogen) atoms. The van der Waals surface area contributed by atoms with Gasteiger partial charge in [-0.15, -0.1) is 0 Å². The maximum Gasteiger partial charge on any atom is 0.0701 e. The molecule has 2 aliphatic heterocycles. The van der Waals surface area contributed by atoms with Crippen LogP contribution in [-0.4, -0.2) is 57.0 Å². The molecule has 0 aromatic heterocycles. The molecule has 0 spiro atoms. The molecule has 4 heteroatoms. The summed E-state index contributed by atoms with van der Waals surface area (Å²) in [5, 5.41) is 0. The zero-order valence-electron chi connectivity index (χ0n) is 10.9. The minimum absolute atomic E-state index is 0.304. The highest BCUT2D eigenvalue weighted by Crippen LogP contribution is 2.16. The van der Waals surface area contributed by atoms with Crippen LogP contribution in [0.25, 0.3) is 0 Å². The molecule has 0 saturated carbocycles. The number of rotatable bonds is 4. The predicted molar refractivity (Wildman–Crippen MR) is 68.0 cm³/mol. The lowest BCUT2D eigenvalue weighted by Gasteiger charge is -2.34. The summed E-state index contributed by atoms with van der Waals surface area (Å²) in [6.45, 7) is 4.64. The molecular weight excluding hydrogens is 216 g/mol. The van der Waals surface area contributed by atoms with Gasteiger partial charge in [-0.2, -0.15) is 0 Å². The van der Waals surface area contributed by atoms with Crippen molar-refractivity contribution in [3.8, 4) is 0 Å². The van der Waals surface area contributed by atoms with Crippen LogP contribution < -0.4 is 5.73 Å². The van der Waals surface area contributed by atoms with E-state index in [1.54, 1.807) is 0 Å². The third-order valence-corrected chi connectivity index (χ3v) is 3.87. The average molecular weight is 242 g/mol. The Labute approximate surface area is 104 Å². The van der Waals surface area contributed by atoms with E-state index in [4.69, 9.17) is 15.2 Å². The van der Waals surface area contributed by atoms with Crippen molar-refractivity contribution in [2.24, 2.45) is 11.7 Å². The molecule has 0 aliphatic carbocycles. The van der Waals surface area contributed by atoms with E-state index >= 15 is 0 Å². The highest BCUT2D eigenvalue weighted by Gasteiger charge is 2.25. The zero-order chi connectivity index (χ0) is 12.1. The fraction of sp³-hybridized carbons (Fsp3) is 1.00. The van der Waals surface area contributed by atoms with Crippen LogP contribution in [0.15, 0.2) is 0 Å². The van der Waals surface area contributed by atoms with Crippen molar-refractivity contribution in [1.82, 2.24) is 4.90 Å². The van der Waals surface area contributed by atoms with E-state index in [0.717, 1.165) is 39.3 Å².